The van der Waals surface area contributed by atoms with Gasteiger partial charge in [-0.2, -0.15) is 9.59 Å². The Kier molecular flexibility index (Phi) is 9.65. The van der Waals surface area contributed by atoms with Gasteiger partial charge in [0.05, 0.1) is 12.2 Å². The van der Waals surface area contributed by atoms with Crippen LogP contribution in [0.25, 0.3) is 28.2 Å². The smallest absolute Gasteiger partial charge is 0.373 e. The summed E-state index contributed by atoms with van der Waals surface area (Å²) in [5.41, 5.74) is 6.37. The molecule has 45 heavy (non-hydrogen) atoms. The van der Waals surface area contributed by atoms with E-state index in [2.05, 4.69) is 46.0 Å². The number of ether oxygens (including phenoxy) is 1. The van der Waals surface area contributed by atoms with E-state index in [0.29, 0.717) is 23.8 Å². The summed E-state index contributed by atoms with van der Waals surface area (Å²) in [4.78, 5) is 42.6. The van der Waals surface area contributed by atoms with E-state index in [9.17, 15) is 9.59 Å². The van der Waals surface area contributed by atoms with Gasteiger partial charge in [-0.3, -0.25) is 9.59 Å². The third-order valence-corrected chi connectivity index (χ3v) is 8.58. The van der Waals surface area contributed by atoms with Crippen LogP contribution in [0.5, 0.6) is 5.75 Å². The van der Waals surface area contributed by atoms with Crippen LogP contribution in [0.3, 0.4) is 0 Å². The monoisotopic (exact) mass is 605 g/mol. The number of nitrogens with zero attached hydrogens (tertiary/aromatic N) is 1. The molecule has 2 heterocycles. The number of fused-ring (bicyclic) bond motifs is 5. The first-order chi connectivity index (χ1) is 21.7. The van der Waals surface area contributed by atoms with Gasteiger partial charge in [-0.05, 0) is 80.1 Å². The lowest BCUT2D eigenvalue weighted by molar-refractivity contribution is -0.191. The summed E-state index contributed by atoms with van der Waals surface area (Å²) in [6.07, 6.45) is 8.32. The Balaban J connectivity index is 0.00000128. The Labute approximate surface area is 263 Å². The summed E-state index contributed by atoms with van der Waals surface area (Å²) in [6.45, 7) is 8.81. The van der Waals surface area contributed by atoms with E-state index in [0.717, 1.165) is 28.9 Å². The number of benzene rings is 3. The molecule has 2 aliphatic rings. The molecule has 232 valence electrons. The molecule has 1 fully saturated rings. The molecule has 2 amide bonds. The van der Waals surface area contributed by atoms with Crippen molar-refractivity contribution in [3.05, 3.63) is 90.0 Å². The van der Waals surface area contributed by atoms with Crippen LogP contribution in [0, 0.1) is 0 Å². The highest BCUT2D eigenvalue weighted by Crippen LogP contribution is 2.47. The number of nitrogens with one attached hydrogen (secondary N) is 2. The molecule has 0 bridgehead atoms. The molecule has 0 radical (unpaired) electrons. The minimum absolute atomic E-state index is 0.144. The van der Waals surface area contributed by atoms with Gasteiger partial charge in [0.15, 0.2) is 0 Å². The molecule has 1 aliphatic carbocycles. The summed E-state index contributed by atoms with van der Waals surface area (Å²) >= 11 is 0. The maximum atomic E-state index is 13.6. The average molecular weight is 606 g/mol. The zero-order valence-corrected chi connectivity index (χ0v) is 25.9. The molecule has 1 saturated carbocycles. The lowest BCUT2D eigenvalue weighted by atomic mass is 9.81. The van der Waals surface area contributed by atoms with Crippen LogP contribution in [0.15, 0.2) is 73.3 Å². The highest BCUT2D eigenvalue weighted by atomic mass is 16.5. The Hall–Kier alpha value is -4.94. The maximum absolute atomic E-state index is 13.6. The highest BCUT2D eigenvalue weighted by molar-refractivity contribution is 6.02. The third-order valence-electron chi connectivity index (χ3n) is 8.58. The van der Waals surface area contributed by atoms with Crippen LogP contribution in [0.1, 0.15) is 79.8 Å². The van der Waals surface area contributed by atoms with Crippen LogP contribution in [-0.4, -0.2) is 34.7 Å². The number of aromatic nitrogens is 1. The van der Waals surface area contributed by atoms with Crippen LogP contribution < -0.4 is 15.4 Å². The summed E-state index contributed by atoms with van der Waals surface area (Å²) in [5.74, 6) is 1.07. The zero-order chi connectivity index (χ0) is 32.0. The molecule has 0 atom stereocenters. The maximum Gasteiger partial charge on any atom is 0.373 e. The highest BCUT2D eigenvalue weighted by Gasteiger charge is 2.30. The number of rotatable bonds is 7. The van der Waals surface area contributed by atoms with E-state index in [1.807, 2.05) is 56.3 Å². The van der Waals surface area contributed by atoms with Gasteiger partial charge in [0.1, 0.15) is 12.4 Å². The lowest BCUT2D eigenvalue weighted by Crippen LogP contribution is -2.45. The molecule has 3 aromatic carbocycles. The molecular weight excluding hydrogens is 566 g/mol. The standard InChI is InChI=1S/C36H39N3O3.CO2/c1-4-24-14-17-27(18-15-24)37-32(40)23-36(2,3)38-35(41)26-16-19-28-30(22-26)39-20-21-42-31-13-9-8-12-29(31)34(39)33(28)25-10-6-5-7-11-25;2-1-3/h4,8-9,12-19,22,25H,1,5-7,10-11,20-21,23H2,2-3H3,(H,37,40)(H,38,41);. The number of anilines is 1. The molecule has 8 heteroatoms. The fraction of sp³-hybridized carbons (Fsp3) is 0.324. The summed E-state index contributed by atoms with van der Waals surface area (Å²) in [6, 6.07) is 21.9. The van der Waals surface area contributed by atoms with Crippen LogP contribution in [0.2, 0.25) is 0 Å². The second-order valence-electron chi connectivity index (χ2n) is 12.3. The average Bonchev–Trinajstić information content (AvgIpc) is 3.22. The summed E-state index contributed by atoms with van der Waals surface area (Å²) < 4.78 is 8.53. The van der Waals surface area contributed by atoms with Crippen molar-refractivity contribution in [1.82, 2.24) is 9.88 Å². The Morgan fingerprint density at radius 3 is 2.44 bits per heavy atom. The summed E-state index contributed by atoms with van der Waals surface area (Å²) in [7, 11) is 0. The van der Waals surface area contributed by atoms with E-state index in [-0.39, 0.29) is 24.4 Å². The van der Waals surface area contributed by atoms with Crippen molar-refractivity contribution in [1.29, 1.82) is 0 Å². The SMILES string of the molecule is C=Cc1ccc(NC(=O)CC(C)(C)NC(=O)c2ccc3c(C4CCCCC4)c4n(c3c2)CCOc2ccccc2-4)cc1.O=C=O. The van der Waals surface area contributed by atoms with Gasteiger partial charge in [0.2, 0.25) is 5.91 Å². The number of amides is 2. The Bertz CT molecular complexity index is 1740. The number of para-hydroxylation sites is 1. The first-order valence-electron chi connectivity index (χ1n) is 15.5. The van der Waals surface area contributed by atoms with E-state index in [4.69, 9.17) is 14.3 Å². The zero-order valence-electron chi connectivity index (χ0n) is 25.9. The fourth-order valence-electron chi connectivity index (χ4n) is 6.61. The van der Waals surface area contributed by atoms with Crippen molar-refractivity contribution in [3.8, 4) is 17.0 Å². The second kappa shape index (κ2) is 13.8. The molecule has 0 saturated heterocycles. The van der Waals surface area contributed by atoms with Crippen LogP contribution in [0.4, 0.5) is 5.69 Å². The Morgan fingerprint density at radius 1 is 1.02 bits per heavy atom. The normalized spacial score (nSPS) is 14.4. The van der Waals surface area contributed by atoms with Gasteiger partial charge in [-0.15, -0.1) is 0 Å². The van der Waals surface area contributed by atoms with Crippen molar-refractivity contribution in [3.63, 3.8) is 0 Å². The minimum Gasteiger partial charge on any atom is -0.491 e. The Morgan fingerprint density at radius 2 is 1.73 bits per heavy atom. The lowest BCUT2D eigenvalue weighted by Gasteiger charge is -2.26. The van der Waals surface area contributed by atoms with Crippen molar-refractivity contribution < 1.29 is 23.9 Å². The molecule has 8 nitrogen and oxygen atoms in total. The molecule has 2 N–H and O–H groups in total. The molecule has 6 rings (SSSR count). The number of hydrogen-bond acceptors (Lipinski definition) is 5. The number of carbonyl (C=O) groups is 2. The number of carbonyl (C=O) groups excluding carboxylic acids is 4. The predicted octanol–water partition coefficient (Wildman–Crippen LogP) is 7.35. The van der Waals surface area contributed by atoms with Gasteiger partial charge in [-0.25, -0.2) is 0 Å². The van der Waals surface area contributed by atoms with Crippen molar-refractivity contribution in [2.75, 3.05) is 11.9 Å². The second-order valence-corrected chi connectivity index (χ2v) is 12.3. The van der Waals surface area contributed by atoms with Gasteiger partial charge in [0.25, 0.3) is 5.91 Å². The predicted molar refractivity (Wildman–Crippen MR) is 175 cm³/mol. The molecule has 0 spiro atoms. The quantitative estimate of drug-likeness (QED) is 0.229. The van der Waals surface area contributed by atoms with E-state index in [1.54, 1.807) is 6.08 Å². The van der Waals surface area contributed by atoms with Crippen molar-refractivity contribution in [2.45, 2.75) is 70.4 Å². The fourth-order valence-corrected chi connectivity index (χ4v) is 6.61. The van der Waals surface area contributed by atoms with Crippen LogP contribution in [-0.2, 0) is 20.9 Å². The summed E-state index contributed by atoms with van der Waals surface area (Å²) in [5, 5.41) is 7.26. The van der Waals surface area contributed by atoms with Crippen LogP contribution >= 0.6 is 0 Å². The van der Waals surface area contributed by atoms with Gasteiger partial charge >= 0.3 is 6.15 Å². The van der Waals surface area contributed by atoms with E-state index < -0.39 is 5.54 Å². The first-order valence-corrected chi connectivity index (χ1v) is 15.5. The van der Waals surface area contributed by atoms with Gasteiger partial charge < -0.3 is 19.9 Å². The number of hydrogen-bond donors (Lipinski definition) is 2. The van der Waals surface area contributed by atoms with Crippen molar-refractivity contribution >= 4 is 40.6 Å². The van der Waals surface area contributed by atoms with E-state index >= 15 is 0 Å². The van der Waals surface area contributed by atoms with Gasteiger partial charge in [0, 0.05) is 39.7 Å². The molecular formula is C37H39N3O5. The first kappa shape index (κ1) is 31.5. The van der Waals surface area contributed by atoms with E-state index in [1.165, 1.54) is 48.7 Å². The minimum atomic E-state index is -0.743. The third kappa shape index (κ3) is 7.08. The molecule has 1 aromatic heterocycles. The van der Waals surface area contributed by atoms with Crippen molar-refractivity contribution in [2.24, 2.45) is 0 Å². The molecule has 0 unspecified atom stereocenters. The largest absolute Gasteiger partial charge is 0.491 e. The molecule has 4 aromatic rings. The topological polar surface area (TPSA) is 106 Å². The molecule has 1 aliphatic heterocycles. The van der Waals surface area contributed by atoms with Gasteiger partial charge in [-0.1, -0.05) is 62.2 Å².